The molecule has 0 bridgehead atoms. The smallest absolute Gasteiger partial charge is 0.414 e. The van der Waals surface area contributed by atoms with E-state index in [1.807, 2.05) is 12.1 Å². The maximum absolute atomic E-state index is 12.8. The number of fused-ring (bicyclic) bond motifs is 1. The summed E-state index contributed by atoms with van der Waals surface area (Å²) in [5.41, 5.74) is 1.22. The highest BCUT2D eigenvalue weighted by molar-refractivity contribution is 5.84. The third kappa shape index (κ3) is 3.19. The Morgan fingerprint density at radius 2 is 1.84 bits per heavy atom. The van der Waals surface area contributed by atoms with Crippen molar-refractivity contribution in [1.82, 2.24) is 4.90 Å². The molecule has 2 aromatic carbocycles. The van der Waals surface area contributed by atoms with Gasteiger partial charge in [0.2, 0.25) is 5.43 Å². The van der Waals surface area contributed by atoms with Crippen molar-refractivity contribution < 1.29 is 18.7 Å². The zero-order chi connectivity index (χ0) is 18.0. The first-order valence-electron chi connectivity index (χ1n) is 7.59. The Kier molecular flexibility index (Phi) is 4.43. The average molecular weight is 339 g/mol. The van der Waals surface area contributed by atoms with E-state index < -0.39 is 6.09 Å². The molecular formula is C19H17NO5. The van der Waals surface area contributed by atoms with Crippen LogP contribution in [0.15, 0.2) is 57.9 Å². The lowest BCUT2D eigenvalue weighted by Crippen LogP contribution is -2.25. The summed E-state index contributed by atoms with van der Waals surface area (Å²) in [6.07, 6.45) is 0.882. The van der Waals surface area contributed by atoms with Crippen molar-refractivity contribution in [3.63, 3.8) is 0 Å². The van der Waals surface area contributed by atoms with Gasteiger partial charge in [0.05, 0.1) is 18.1 Å². The highest BCUT2D eigenvalue weighted by atomic mass is 16.6. The molecule has 1 aromatic heterocycles. The van der Waals surface area contributed by atoms with Gasteiger partial charge in [-0.25, -0.2) is 4.79 Å². The van der Waals surface area contributed by atoms with Gasteiger partial charge in [-0.3, -0.25) is 4.79 Å². The van der Waals surface area contributed by atoms with Crippen LogP contribution in [0.2, 0.25) is 0 Å². The number of nitrogens with zero attached hydrogens (tertiary/aromatic N) is 1. The van der Waals surface area contributed by atoms with Crippen LogP contribution in [-0.4, -0.2) is 32.2 Å². The van der Waals surface area contributed by atoms with Crippen LogP contribution in [0, 0.1) is 0 Å². The Bertz CT molecular complexity index is 991. The number of methoxy groups -OCH3 is 1. The first kappa shape index (κ1) is 16.6. The van der Waals surface area contributed by atoms with Crippen molar-refractivity contribution in [1.29, 1.82) is 0 Å². The van der Waals surface area contributed by atoms with E-state index >= 15 is 0 Å². The molecule has 0 aliphatic carbocycles. The first-order valence-corrected chi connectivity index (χ1v) is 7.59. The standard InChI is InChI=1S/C19H17NO5/c1-20(2)19(22)25-12-8-9-14-17(10-12)24-11-15(18(14)21)13-6-4-5-7-16(13)23-3/h4-11H,1-3H3. The summed E-state index contributed by atoms with van der Waals surface area (Å²) in [7, 11) is 4.72. The van der Waals surface area contributed by atoms with E-state index in [1.165, 1.54) is 17.2 Å². The van der Waals surface area contributed by atoms with Crippen molar-refractivity contribution >= 4 is 17.1 Å². The highest BCUT2D eigenvalue weighted by Gasteiger charge is 2.14. The normalized spacial score (nSPS) is 10.5. The monoisotopic (exact) mass is 339 g/mol. The highest BCUT2D eigenvalue weighted by Crippen LogP contribution is 2.29. The fourth-order valence-electron chi connectivity index (χ4n) is 2.42. The molecule has 0 N–H and O–H groups in total. The van der Waals surface area contributed by atoms with Gasteiger partial charge in [0.15, 0.2) is 0 Å². The van der Waals surface area contributed by atoms with Crippen LogP contribution >= 0.6 is 0 Å². The number of benzene rings is 2. The molecule has 25 heavy (non-hydrogen) atoms. The Hall–Kier alpha value is -3.28. The summed E-state index contributed by atoms with van der Waals surface area (Å²) < 4.78 is 16.1. The number of amides is 1. The Morgan fingerprint density at radius 1 is 1.08 bits per heavy atom. The fraction of sp³-hybridized carbons (Fsp3) is 0.158. The summed E-state index contributed by atoms with van der Waals surface area (Å²) in [6, 6.07) is 11.9. The summed E-state index contributed by atoms with van der Waals surface area (Å²) in [4.78, 5) is 25.7. The molecule has 0 atom stereocenters. The van der Waals surface area contributed by atoms with Crippen LogP contribution < -0.4 is 14.9 Å². The molecule has 0 radical (unpaired) electrons. The SMILES string of the molecule is COc1ccccc1-c1coc2cc(OC(=O)N(C)C)ccc2c1=O. The molecule has 0 aliphatic rings. The van der Waals surface area contributed by atoms with Crippen LogP contribution in [0.3, 0.4) is 0 Å². The van der Waals surface area contributed by atoms with Crippen molar-refractivity contribution in [2.24, 2.45) is 0 Å². The maximum Gasteiger partial charge on any atom is 0.414 e. The lowest BCUT2D eigenvalue weighted by molar-refractivity contribution is 0.172. The van der Waals surface area contributed by atoms with Gasteiger partial charge in [0.1, 0.15) is 23.3 Å². The van der Waals surface area contributed by atoms with Crippen molar-refractivity contribution in [3.05, 3.63) is 59.0 Å². The molecule has 1 heterocycles. The van der Waals surface area contributed by atoms with Gasteiger partial charge in [-0.05, 0) is 18.2 Å². The maximum atomic E-state index is 12.8. The van der Waals surface area contributed by atoms with Gasteiger partial charge >= 0.3 is 6.09 Å². The number of rotatable bonds is 3. The zero-order valence-corrected chi connectivity index (χ0v) is 14.1. The van der Waals surface area contributed by atoms with Crippen LogP contribution in [0.5, 0.6) is 11.5 Å². The number of ether oxygens (including phenoxy) is 2. The summed E-state index contributed by atoms with van der Waals surface area (Å²) >= 11 is 0. The van der Waals surface area contributed by atoms with Gasteiger partial charge in [0.25, 0.3) is 0 Å². The minimum Gasteiger partial charge on any atom is -0.496 e. The van der Waals surface area contributed by atoms with E-state index in [4.69, 9.17) is 13.9 Å². The van der Waals surface area contributed by atoms with Crippen LogP contribution in [0.4, 0.5) is 4.79 Å². The largest absolute Gasteiger partial charge is 0.496 e. The molecule has 0 aliphatic heterocycles. The summed E-state index contributed by atoms with van der Waals surface area (Å²) in [5.74, 6) is 0.894. The van der Waals surface area contributed by atoms with Crippen molar-refractivity contribution in [2.75, 3.05) is 21.2 Å². The van der Waals surface area contributed by atoms with Crippen LogP contribution in [0.25, 0.3) is 22.1 Å². The lowest BCUT2D eigenvalue weighted by Gasteiger charge is -2.11. The molecule has 3 aromatic rings. The molecule has 6 heteroatoms. The predicted molar refractivity (Wildman–Crippen MR) is 94.2 cm³/mol. The van der Waals surface area contributed by atoms with E-state index in [9.17, 15) is 9.59 Å². The molecule has 0 saturated carbocycles. The number of carbonyl (C=O) groups is 1. The lowest BCUT2D eigenvalue weighted by atomic mass is 10.0. The number of carbonyl (C=O) groups excluding carboxylic acids is 1. The van der Waals surface area contributed by atoms with Crippen molar-refractivity contribution in [3.8, 4) is 22.6 Å². The topological polar surface area (TPSA) is 69.0 Å². The molecule has 6 nitrogen and oxygen atoms in total. The number of hydrogen-bond donors (Lipinski definition) is 0. The van der Waals surface area contributed by atoms with Gasteiger partial charge in [-0.15, -0.1) is 0 Å². The van der Waals surface area contributed by atoms with Gasteiger partial charge in [-0.2, -0.15) is 0 Å². The molecule has 128 valence electrons. The predicted octanol–water partition coefficient (Wildman–Crippen LogP) is 3.53. The Morgan fingerprint density at radius 3 is 2.56 bits per heavy atom. The van der Waals surface area contributed by atoms with Gasteiger partial charge < -0.3 is 18.8 Å². The van der Waals surface area contributed by atoms with E-state index in [1.54, 1.807) is 45.5 Å². The second-order valence-corrected chi connectivity index (χ2v) is 5.60. The molecule has 0 spiro atoms. The Labute approximate surface area is 144 Å². The second-order valence-electron chi connectivity index (χ2n) is 5.60. The quantitative estimate of drug-likeness (QED) is 0.730. The van der Waals surface area contributed by atoms with E-state index in [-0.39, 0.29) is 5.43 Å². The Balaban J connectivity index is 2.07. The molecule has 0 fully saturated rings. The van der Waals surface area contributed by atoms with Crippen molar-refractivity contribution in [2.45, 2.75) is 0 Å². The van der Waals surface area contributed by atoms with Crippen LogP contribution in [0.1, 0.15) is 0 Å². The van der Waals surface area contributed by atoms with E-state index in [0.29, 0.717) is 33.6 Å². The molecule has 0 unspecified atom stereocenters. The molecule has 0 saturated heterocycles. The zero-order valence-electron chi connectivity index (χ0n) is 14.1. The average Bonchev–Trinajstić information content (AvgIpc) is 2.62. The van der Waals surface area contributed by atoms with Crippen LogP contribution in [-0.2, 0) is 0 Å². The summed E-state index contributed by atoms with van der Waals surface area (Å²) in [6.45, 7) is 0. The minimum absolute atomic E-state index is 0.184. The third-order valence-corrected chi connectivity index (χ3v) is 3.71. The van der Waals surface area contributed by atoms with E-state index in [2.05, 4.69) is 0 Å². The second kappa shape index (κ2) is 6.68. The third-order valence-electron chi connectivity index (χ3n) is 3.71. The number of hydrogen-bond acceptors (Lipinski definition) is 5. The summed E-state index contributed by atoms with van der Waals surface area (Å²) in [5, 5.41) is 0.396. The van der Waals surface area contributed by atoms with Gasteiger partial charge in [-0.1, -0.05) is 18.2 Å². The molecule has 1 amide bonds. The molecular weight excluding hydrogens is 322 g/mol. The van der Waals surface area contributed by atoms with Gasteiger partial charge in [0, 0.05) is 25.7 Å². The minimum atomic E-state index is -0.507. The van der Waals surface area contributed by atoms with E-state index in [0.717, 1.165) is 0 Å². The molecule has 3 rings (SSSR count). The first-order chi connectivity index (χ1) is 12.0. The number of para-hydroxylation sites is 1. The fourth-order valence-corrected chi connectivity index (χ4v) is 2.42.